The van der Waals surface area contributed by atoms with Gasteiger partial charge in [-0.2, -0.15) is 5.26 Å². The number of amides is 1. The fourth-order valence-electron chi connectivity index (χ4n) is 2.19. The van der Waals surface area contributed by atoms with Gasteiger partial charge in [-0.3, -0.25) is 4.79 Å². The van der Waals surface area contributed by atoms with Gasteiger partial charge in [0.2, 0.25) is 0 Å². The number of methoxy groups -OCH3 is 1. The average Bonchev–Trinajstić information content (AvgIpc) is 2.64. The molecular formula is C14H13ClN2O3. The zero-order valence-electron chi connectivity index (χ0n) is 10.8. The van der Waals surface area contributed by atoms with Gasteiger partial charge in [-0.05, 0) is 18.2 Å². The maximum atomic E-state index is 12.2. The van der Waals surface area contributed by atoms with Crippen LogP contribution in [0.2, 0.25) is 5.02 Å². The molecule has 1 aliphatic heterocycles. The molecule has 104 valence electrons. The Morgan fingerprint density at radius 3 is 2.85 bits per heavy atom. The van der Waals surface area contributed by atoms with Crippen molar-refractivity contribution in [3.8, 4) is 6.07 Å². The van der Waals surface area contributed by atoms with E-state index in [9.17, 15) is 9.90 Å². The molecule has 1 aliphatic rings. The van der Waals surface area contributed by atoms with Crippen molar-refractivity contribution < 1.29 is 14.6 Å². The van der Waals surface area contributed by atoms with Crippen molar-refractivity contribution in [3.05, 3.63) is 40.9 Å². The summed E-state index contributed by atoms with van der Waals surface area (Å²) in [5, 5.41) is 19.1. The molecule has 1 N–H and O–H groups in total. The van der Waals surface area contributed by atoms with E-state index in [1.165, 1.54) is 24.1 Å². The lowest BCUT2D eigenvalue weighted by Crippen LogP contribution is -2.40. The van der Waals surface area contributed by atoms with E-state index in [2.05, 4.69) is 6.58 Å². The number of rotatable bonds is 3. The summed E-state index contributed by atoms with van der Waals surface area (Å²) in [5.74, 6) is -0.375. The van der Waals surface area contributed by atoms with Gasteiger partial charge in [0.1, 0.15) is 12.2 Å². The number of ether oxygens (including phenoxy) is 1. The molecule has 0 spiro atoms. The molecule has 5 nitrogen and oxygen atoms in total. The van der Waals surface area contributed by atoms with E-state index in [4.69, 9.17) is 21.6 Å². The third kappa shape index (κ3) is 2.29. The molecule has 0 bridgehead atoms. The molecule has 0 saturated carbocycles. The van der Waals surface area contributed by atoms with Crippen molar-refractivity contribution >= 4 is 23.2 Å². The highest BCUT2D eigenvalue weighted by atomic mass is 35.5. The number of anilines is 1. The van der Waals surface area contributed by atoms with Crippen LogP contribution in [0.5, 0.6) is 0 Å². The minimum absolute atomic E-state index is 0.118. The van der Waals surface area contributed by atoms with E-state index in [0.29, 0.717) is 11.3 Å². The van der Waals surface area contributed by atoms with Crippen LogP contribution in [-0.2, 0) is 9.53 Å². The Bertz CT molecular complexity index is 609. The van der Waals surface area contributed by atoms with Gasteiger partial charge >= 0.3 is 0 Å². The van der Waals surface area contributed by atoms with Crippen molar-refractivity contribution in [2.24, 2.45) is 0 Å². The standard InChI is InChI=1S/C14H13ClN2O3/c1-8-13(18)12(7-20-2)17(14(8)19)10-4-3-9(6-16)11(15)5-10/h3-5,12-13,18H,1,7H2,2H3/t12-,13-/m0/s1. The zero-order valence-corrected chi connectivity index (χ0v) is 11.6. The number of hydrogen-bond donors (Lipinski definition) is 1. The molecule has 1 saturated heterocycles. The van der Waals surface area contributed by atoms with Crippen LogP contribution in [0.4, 0.5) is 5.69 Å². The van der Waals surface area contributed by atoms with Gasteiger partial charge in [0.05, 0.1) is 23.2 Å². The van der Waals surface area contributed by atoms with Crippen LogP contribution < -0.4 is 4.90 Å². The maximum Gasteiger partial charge on any atom is 0.256 e. The van der Waals surface area contributed by atoms with Gasteiger partial charge in [0.25, 0.3) is 5.91 Å². The van der Waals surface area contributed by atoms with Crippen molar-refractivity contribution in [2.45, 2.75) is 12.1 Å². The summed E-state index contributed by atoms with van der Waals surface area (Å²) in [6.07, 6.45) is -0.989. The number of aliphatic hydroxyl groups excluding tert-OH is 1. The molecular weight excluding hydrogens is 280 g/mol. The maximum absolute atomic E-state index is 12.2. The second kappa shape index (κ2) is 5.63. The molecule has 0 aromatic heterocycles. The van der Waals surface area contributed by atoms with Gasteiger partial charge in [0, 0.05) is 18.4 Å². The summed E-state index contributed by atoms with van der Waals surface area (Å²) in [5.41, 5.74) is 0.941. The lowest BCUT2D eigenvalue weighted by Gasteiger charge is -2.25. The monoisotopic (exact) mass is 292 g/mol. The lowest BCUT2D eigenvalue weighted by molar-refractivity contribution is -0.114. The zero-order chi connectivity index (χ0) is 14.9. The SMILES string of the molecule is C=C1C(=O)N(c2ccc(C#N)c(Cl)c2)[C@@H](COC)[C@H]1O. The van der Waals surface area contributed by atoms with Crippen LogP contribution in [0.25, 0.3) is 0 Å². The van der Waals surface area contributed by atoms with E-state index < -0.39 is 12.1 Å². The van der Waals surface area contributed by atoms with Gasteiger partial charge in [-0.15, -0.1) is 0 Å². The number of benzene rings is 1. The van der Waals surface area contributed by atoms with Crippen molar-refractivity contribution in [3.63, 3.8) is 0 Å². The molecule has 1 amide bonds. The first kappa shape index (κ1) is 14.5. The summed E-state index contributed by atoms with van der Waals surface area (Å²) < 4.78 is 5.04. The topological polar surface area (TPSA) is 73.6 Å². The number of carbonyl (C=O) groups is 1. The fourth-order valence-corrected chi connectivity index (χ4v) is 2.41. The smallest absolute Gasteiger partial charge is 0.256 e. The van der Waals surface area contributed by atoms with Crippen LogP contribution in [0.1, 0.15) is 5.56 Å². The highest BCUT2D eigenvalue weighted by molar-refractivity contribution is 6.32. The number of aliphatic hydroxyl groups is 1. The number of carbonyl (C=O) groups excluding carboxylic acids is 1. The first-order chi connectivity index (χ1) is 9.51. The summed E-state index contributed by atoms with van der Waals surface area (Å²) >= 11 is 5.98. The molecule has 1 aromatic carbocycles. The second-order valence-corrected chi connectivity index (χ2v) is 4.85. The summed E-state index contributed by atoms with van der Waals surface area (Å²) in [4.78, 5) is 13.6. The van der Waals surface area contributed by atoms with Gasteiger partial charge in [0.15, 0.2) is 0 Å². The van der Waals surface area contributed by atoms with Crippen LogP contribution >= 0.6 is 11.6 Å². The molecule has 6 heteroatoms. The Morgan fingerprint density at radius 1 is 1.60 bits per heavy atom. The Balaban J connectivity index is 2.44. The van der Waals surface area contributed by atoms with Crippen LogP contribution in [-0.4, -0.2) is 36.9 Å². The number of nitrogens with zero attached hydrogens (tertiary/aromatic N) is 2. The minimum Gasteiger partial charge on any atom is -0.386 e. The van der Waals surface area contributed by atoms with E-state index >= 15 is 0 Å². The third-order valence-electron chi connectivity index (χ3n) is 3.24. The molecule has 20 heavy (non-hydrogen) atoms. The molecule has 2 atom stereocenters. The van der Waals surface area contributed by atoms with Crippen molar-refractivity contribution in [2.75, 3.05) is 18.6 Å². The summed E-state index contributed by atoms with van der Waals surface area (Å²) in [7, 11) is 1.49. The van der Waals surface area contributed by atoms with Gasteiger partial charge in [-0.25, -0.2) is 0 Å². The van der Waals surface area contributed by atoms with Crippen LogP contribution in [0, 0.1) is 11.3 Å². The Hall–Kier alpha value is -1.87. The average molecular weight is 293 g/mol. The molecule has 1 aromatic rings. The second-order valence-electron chi connectivity index (χ2n) is 4.44. The van der Waals surface area contributed by atoms with Crippen molar-refractivity contribution in [1.82, 2.24) is 0 Å². The Morgan fingerprint density at radius 2 is 2.30 bits per heavy atom. The van der Waals surface area contributed by atoms with E-state index in [1.807, 2.05) is 6.07 Å². The van der Waals surface area contributed by atoms with E-state index in [0.717, 1.165) is 0 Å². The number of hydrogen-bond acceptors (Lipinski definition) is 4. The van der Waals surface area contributed by atoms with Crippen LogP contribution in [0.15, 0.2) is 30.4 Å². The predicted molar refractivity (Wildman–Crippen MR) is 74.5 cm³/mol. The Kier molecular flexibility index (Phi) is 4.09. The first-order valence-corrected chi connectivity index (χ1v) is 6.28. The van der Waals surface area contributed by atoms with E-state index in [1.54, 1.807) is 6.07 Å². The largest absolute Gasteiger partial charge is 0.386 e. The Labute approximate surface area is 121 Å². The molecule has 0 radical (unpaired) electrons. The molecule has 0 aliphatic carbocycles. The molecule has 1 fully saturated rings. The molecule has 0 unspecified atom stereocenters. The number of halogens is 1. The van der Waals surface area contributed by atoms with Crippen LogP contribution in [0.3, 0.4) is 0 Å². The predicted octanol–water partition coefficient (Wildman–Crippen LogP) is 1.49. The van der Waals surface area contributed by atoms with Gasteiger partial charge < -0.3 is 14.7 Å². The quantitative estimate of drug-likeness (QED) is 0.857. The number of nitriles is 1. The highest BCUT2D eigenvalue weighted by Gasteiger charge is 2.42. The van der Waals surface area contributed by atoms with Gasteiger partial charge in [-0.1, -0.05) is 18.2 Å². The normalized spacial score (nSPS) is 22.2. The highest BCUT2D eigenvalue weighted by Crippen LogP contribution is 2.32. The third-order valence-corrected chi connectivity index (χ3v) is 3.55. The van der Waals surface area contributed by atoms with Crippen molar-refractivity contribution in [1.29, 1.82) is 5.26 Å². The molecule has 1 heterocycles. The summed E-state index contributed by atoms with van der Waals surface area (Å²) in [6, 6.07) is 6.06. The molecule has 2 rings (SSSR count). The minimum atomic E-state index is -0.989. The van der Waals surface area contributed by atoms with E-state index in [-0.39, 0.29) is 23.1 Å². The fraction of sp³-hybridized carbons (Fsp3) is 0.286. The lowest BCUT2D eigenvalue weighted by atomic mass is 10.1. The first-order valence-electron chi connectivity index (χ1n) is 5.90. The summed E-state index contributed by atoms with van der Waals surface area (Å²) in [6.45, 7) is 3.77.